The molecule has 124 valence electrons. The van der Waals surface area contributed by atoms with Crippen LogP contribution in [0, 0.1) is 0 Å². The van der Waals surface area contributed by atoms with Gasteiger partial charge in [-0.3, -0.25) is 14.5 Å². The van der Waals surface area contributed by atoms with E-state index in [0.717, 1.165) is 6.07 Å². The molecule has 0 spiro atoms. The Bertz CT molecular complexity index is 936. The first-order chi connectivity index (χ1) is 11.3. The van der Waals surface area contributed by atoms with Gasteiger partial charge in [0, 0.05) is 18.8 Å². The third-order valence-corrected chi connectivity index (χ3v) is 3.46. The third kappa shape index (κ3) is 3.30. The van der Waals surface area contributed by atoms with Crippen molar-refractivity contribution in [1.82, 2.24) is 20.1 Å². The van der Waals surface area contributed by atoms with Crippen LogP contribution in [-0.2, 0) is 12.6 Å². The third-order valence-electron chi connectivity index (χ3n) is 3.15. The molecule has 0 amide bonds. The average molecular weight is 357 g/mol. The summed E-state index contributed by atoms with van der Waals surface area (Å²) in [5.41, 5.74) is 0.256. The molecule has 0 bridgehead atoms. The highest BCUT2D eigenvalue weighted by Gasteiger charge is 2.33. The van der Waals surface area contributed by atoms with Gasteiger partial charge in [0.05, 0.1) is 16.3 Å². The largest absolute Gasteiger partial charge is 0.439 e. The maximum absolute atomic E-state index is 12.7. The summed E-state index contributed by atoms with van der Waals surface area (Å²) in [4.78, 5) is 21.6. The summed E-state index contributed by atoms with van der Waals surface area (Å²) < 4.78 is 42.6. The number of alkyl halides is 3. The zero-order valence-electron chi connectivity index (χ0n) is 11.8. The quantitative estimate of drug-likeness (QED) is 0.779. The SMILES string of the molecule is O=c1[nH]c(-c2nccnc2Cc2ccc(C(F)(F)F)c(Cl)c2)no1. The molecule has 0 saturated heterocycles. The Hall–Kier alpha value is -2.68. The van der Waals surface area contributed by atoms with Gasteiger partial charge in [0.2, 0.25) is 5.82 Å². The number of halogens is 4. The number of hydrogen-bond donors (Lipinski definition) is 1. The highest BCUT2D eigenvalue weighted by Crippen LogP contribution is 2.35. The Kier molecular flexibility index (Phi) is 4.10. The predicted molar refractivity (Wildman–Crippen MR) is 77.4 cm³/mol. The lowest BCUT2D eigenvalue weighted by atomic mass is 10.1. The number of benzene rings is 1. The molecule has 10 heteroatoms. The van der Waals surface area contributed by atoms with Gasteiger partial charge in [0.1, 0.15) is 5.69 Å². The van der Waals surface area contributed by atoms with E-state index in [4.69, 9.17) is 11.6 Å². The fourth-order valence-electron chi connectivity index (χ4n) is 2.12. The highest BCUT2D eigenvalue weighted by molar-refractivity contribution is 6.31. The molecule has 0 unspecified atom stereocenters. The van der Waals surface area contributed by atoms with E-state index in [2.05, 4.69) is 24.6 Å². The number of nitrogens with one attached hydrogen (secondary N) is 1. The van der Waals surface area contributed by atoms with Crippen LogP contribution < -0.4 is 5.76 Å². The summed E-state index contributed by atoms with van der Waals surface area (Å²) in [5.74, 6) is -0.666. The average Bonchev–Trinajstić information content (AvgIpc) is 2.93. The Balaban J connectivity index is 1.95. The van der Waals surface area contributed by atoms with Crippen molar-refractivity contribution in [2.24, 2.45) is 0 Å². The summed E-state index contributed by atoms with van der Waals surface area (Å²) in [6.07, 6.45) is -1.56. The van der Waals surface area contributed by atoms with Crippen LogP contribution in [0.4, 0.5) is 13.2 Å². The normalized spacial score (nSPS) is 11.7. The fraction of sp³-hybridized carbons (Fsp3) is 0.143. The van der Waals surface area contributed by atoms with Crippen LogP contribution in [0.5, 0.6) is 0 Å². The topological polar surface area (TPSA) is 84.7 Å². The Labute approximate surface area is 137 Å². The van der Waals surface area contributed by atoms with Crippen LogP contribution in [0.15, 0.2) is 39.9 Å². The van der Waals surface area contributed by atoms with E-state index in [1.54, 1.807) is 0 Å². The van der Waals surface area contributed by atoms with Gasteiger partial charge >= 0.3 is 11.9 Å². The molecule has 0 aliphatic rings. The van der Waals surface area contributed by atoms with E-state index in [-0.39, 0.29) is 17.9 Å². The summed E-state index contributed by atoms with van der Waals surface area (Å²) in [6.45, 7) is 0. The second-order valence-corrected chi connectivity index (χ2v) is 5.19. The lowest BCUT2D eigenvalue weighted by molar-refractivity contribution is -0.137. The monoisotopic (exact) mass is 356 g/mol. The summed E-state index contributed by atoms with van der Waals surface area (Å²) in [7, 11) is 0. The summed E-state index contributed by atoms with van der Waals surface area (Å²) >= 11 is 5.71. The zero-order chi connectivity index (χ0) is 17.3. The molecule has 6 nitrogen and oxygen atoms in total. The first-order valence-corrected chi connectivity index (χ1v) is 6.94. The van der Waals surface area contributed by atoms with Gasteiger partial charge < -0.3 is 0 Å². The van der Waals surface area contributed by atoms with Crippen molar-refractivity contribution in [1.29, 1.82) is 0 Å². The maximum Gasteiger partial charge on any atom is 0.439 e. The number of rotatable bonds is 3. The van der Waals surface area contributed by atoms with Crippen LogP contribution in [0.2, 0.25) is 5.02 Å². The molecule has 0 atom stereocenters. The van der Waals surface area contributed by atoms with Crippen LogP contribution in [0.3, 0.4) is 0 Å². The Morgan fingerprint density at radius 2 is 1.96 bits per heavy atom. The fourth-order valence-corrected chi connectivity index (χ4v) is 2.43. The number of nitrogens with zero attached hydrogens (tertiary/aromatic N) is 3. The van der Waals surface area contributed by atoms with Gasteiger partial charge in [-0.25, -0.2) is 9.78 Å². The molecule has 1 aromatic carbocycles. The van der Waals surface area contributed by atoms with Crippen molar-refractivity contribution in [3.05, 3.63) is 63.0 Å². The summed E-state index contributed by atoms with van der Waals surface area (Å²) in [5, 5.41) is 3.13. The summed E-state index contributed by atoms with van der Waals surface area (Å²) in [6, 6.07) is 3.43. The van der Waals surface area contributed by atoms with Crippen molar-refractivity contribution in [3.63, 3.8) is 0 Å². The Morgan fingerprint density at radius 3 is 2.58 bits per heavy atom. The zero-order valence-corrected chi connectivity index (χ0v) is 12.5. The molecule has 0 aliphatic carbocycles. The molecule has 0 saturated carbocycles. The molecule has 0 aliphatic heterocycles. The van der Waals surface area contributed by atoms with Gasteiger partial charge in [-0.05, 0) is 17.7 Å². The number of aromatic nitrogens is 4. The van der Waals surface area contributed by atoms with E-state index in [0.29, 0.717) is 11.3 Å². The van der Waals surface area contributed by atoms with Crippen molar-refractivity contribution >= 4 is 11.6 Å². The van der Waals surface area contributed by atoms with E-state index in [1.807, 2.05) is 0 Å². The molecule has 2 heterocycles. The van der Waals surface area contributed by atoms with Gasteiger partial charge in [-0.1, -0.05) is 22.8 Å². The van der Waals surface area contributed by atoms with Crippen molar-refractivity contribution in [3.8, 4) is 11.5 Å². The van der Waals surface area contributed by atoms with Crippen molar-refractivity contribution in [2.45, 2.75) is 12.6 Å². The Morgan fingerprint density at radius 1 is 1.21 bits per heavy atom. The van der Waals surface area contributed by atoms with E-state index >= 15 is 0 Å². The minimum absolute atomic E-state index is 0.0844. The van der Waals surface area contributed by atoms with Crippen LogP contribution in [-0.4, -0.2) is 20.1 Å². The molecule has 0 fully saturated rings. The molecule has 2 aromatic heterocycles. The smallest absolute Gasteiger partial charge is 0.296 e. The molecule has 3 aromatic rings. The number of H-pyrrole nitrogens is 1. The molecule has 0 radical (unpaired) electrons. The first-order valence-electron chi connectivity index (χ1n) is 6.56. The molecule has 3 rings (SSSR count). The minimum atomic E-state index is -4.52. The number of aromatic amines is 1. The van der Waals surface area contributed by atoms with Gasteiger partial charge in [0.15, 0.2) is 0 Å². The van der Waals surface area contributed by atoms with Gasteiger partial charge in [0.25, 0.3) is 0 Å². The molecular formula is C14H8ClF3N4O2. The van der Waals surface area contributed by atoms with Crippen LogP contribution in [0.1, 0.15) is 16.8 Å². The second-order valence-electron chi connectivity index (χ2n) is 4.78. The van der Waals surface area contributed by atoms with E-state index < -0.39 is 22.5 Å². The van der Waals surface area contributed by atoms with Gasteiger partial charge in [-0.2, -0.15) is 13.2 Å². The molecular weight excluding hydrogens is 349 g/mol. The highest BCUT2D eigenvalue weighted by atomic mass is 35.5. The minimum Gasteiger partial charge on any atom is -0.296 e. The van der Waals surface area contributed by atoms with E-state index in [1.165, 1.54) is 24.5 Å². The van der Waals surface area contributed by atoms with Crippen molar-refractivity contribution in [2.75, 3.05) is 0 Å². The van der Waals surface area contributed by atoms with Crippen LogP contribution >= 0.6 is 11.6 Å². The van der Waals surface area contributed by atoms with Crippen LogP contribution in [0.25, 0.3) is 11.5 Å². The van der Waals surface area contributed by atoms with Gasteiger partial charge in [-0.15, -0.1) is 0 Å². The lowest BCUT2D eigenvalue weighted by Crippen LogP contribution is -2.06. The maximum atomic E-state index is 12.7. The second kappa shape index (κ2) is 6.08. The van der Waals surface area contributed by atoms with Crippen molar-refractivity contribution < 1.29 is 17.7 Å². The standard InChI is InChI=1S/C14H8ClF3N4O2/c15-9-5-7(1-2-8(9)14(16,17)18)6-10-11(20-4-3-19-10)12-21-13(23)24-22-12/h1-5H,6H2,(H,21,22,23). The van der Waals surface area contributed by atoms with E-state index in [9.17, 15) is 18.0 Å². The number of hydrogen-bond acceptors (Lipinski definition) is 5. The molecule has 1 N–H and O–H groups in total. The lowest BCUT2D eigenvalue weighted by Gasteiger charge is -2.10. The molecule has 24 heavy (non-hydrogen) atoms. The first kappa shape index (κ1) is 16.2. The predicted octanol–water partition coefficient (Wildman–Crippen LogP) is 3.08.